The lowest BCUT2D eigenvalue weighted by Crippen LogP contribution is -2.47. The van der Waals surface area contributed by atoms with Crippen molar-refractivity contribution >= 4 is 11.8 Å². The van der Waals surface area contributed by atoms with Crippen molar-refractivity contribution in [1.82, 2.24) is 10.2 Å². The number of benzene rings is 2. The average Bonchev–Trinajstić information content (AvgIpc) is 2.68. The van der Waals surface area contributed by atoms with Crippen LogP contribution in [0.1, 0.15) is 30.1 Å². The summed E-state index contributed by atoms with van der Waals surface area (Å²) < 4.78 is 14.5. The summed E-state index contributed by atoms with van der Waals surface area (Å²) in [4.78, 5) is 26.5. The Hall–Kier alpha value is -2.69. The van der Waals surface area contributed by atoms with Crippen molar-refractivity contribution in [2.45, 2.75) is 19.8 Å². The summed E-state index contributed by atoms with van der Waals surface area (Å²) in [6.07, 6.45) is 1.49. The van der Waals surface area contributed by atoms with Crippen LogP contribution in [-0.4, -0.2) is 36.3 Å². The van der Waals surface area contributed by atoms with Crippen LogP contribution in [0.5, 0.6) is 0 Å². The van der Waals surface area contributed by atoms with Crippen molar-refractivity contribution in [2.24, 2.45) is 5.92 Å². The van der Waals surface area contributed by atoms with Gasteiger partial charge in [-0.2, -0.15) is 0 Å². The molecule has 1 aliphatic heterocycles. The van der Waals surface area contributed by atoms with E-state index in [9.17, 15) is 14.0 Å². The predicted octanol–water partition coefficient (Wildman–Crippen LogP) is 4.12. The summed E-state index contributed by atoms with van der Waals surface area (Å²) >= 11 is 0. The first-order valence-corrected chi connectivity index (χ1v) is 9.02. The fourth-order valence-corrected chi connectivity index (χ4v) is 3.39. The molecule has 0 spiro atoms. The van der Waals surface area contributed by atoms with Crippen molar-refractivity contribution in [3.05, 3.63) is 59.9 Å². The number of hydrogen-bond donors (Lipinski definition) is 1. The maximum atomic E-state index is 14.5. The number of hydrogen-bond acceptors (Lipinski definition) is 2. The second-order valence-electron chi connectivity index (χ2n) is 6.55. The fraction of sp³-hybridized carbons (Fsp3) is 0.333. The fourth-order valence-electron chi connectivity index (χ4n) is 3.39. The molecule has 1 fully saturated rings. The van der Waals surface area contributed by atoms with Gasteiger partial charge in [-0.1, -0.05) is 42.5 Å². The zero-order valence-electron chi connectivity index (χ0n) is 14.9. The van der Waals surface area contributed by atoms with Crippen molar-refractivity contribution in [3.63, 3.8) is 0 Å². The third kappa shape index (κ3) is 3.93. The molecule has 0 radical (unpaired) electrons. The van der Waals surface area contributed by atoms with Crippen LogP contribution in [0.25, 0.3) is 11.1 Å². The molecule has 136 valence electrons. The first-order valence-electron chi connectivity index (χ1n) is 9.02. The molecule has 1 N–H and O–H groups in total. The lowest BCUT2D eigenvalue weighted by atomic mass is 9.89. The Morgan fingerprint density at radius 1 is 1.19 bits per heavy atom. The molecule has 0 saturated carbocycles. The van der Waals surface area contributed by atoms with Gasteiger partial charge in [0.1, 0.15) is 5.82 Å². The van der Waals surface area contributed by atoms with E-state index in [0.29, 0.717) is 30.8 Å². The molecular formula is C21H23FN2O2. The topological polar surface area (TPSA) is 49.4 Å². The minimum atomic E-state index is -0.404. The highest BCUT2D eigenvalue weighted by atomic mass is 19.1. The van der Waals surface area contributed by atoms with E-state index in [-0.39, 0.29) is 17.7 Å². The highest BCUT2D eigenvalue weighted by molar-refractivity contribution is 5.98. The van der Waals surface area contributed by atoms with Crippen LogP contribution in [0.2, 0.25) is 0 Å². The standard InChI is InChI=1S/C21H23FN2O2/c1-2-23-21(26)24-12-6-9-17(14-24)20(25)16-10-11-18(19(22)13-16)15-7-4-3-5-8-15/h3-5,7-8,10-11,13,17H,2,6,9,12,14H2,1H3,(H,23,26)/t17-/m1/s1. The molecule has 0 aliphatic carbocycles. The Labute approximate surface area is 153 Å². The van der Waals surface area contributed by atoms with Crippen molar-refractivity contribution in [1.29, 1.82) is 0 Å². The Morgan fingerprint density at radius 3 is 2.65 bits per heavy atom. The number of ketones is 1. The quantitative estimate of drug-likeness (QED) is 0.840. The number of likely N-dealkylation sites (tertiary alicyclic amines) is 1. The van der Waals surface area contributed by atoms with Crippen LogP contribution in [0.4, 0.5) is 9.18 Å². The summed E-state index contributed by atoms with van der Waals surface area (Å²) in [5, 5.41) is 2.76. The number of urea groups is 1. The summed E-state index contributed by atoms with van der Waals surface area (Å²) in [5.74, 6) is -0.788. The van der Waals surface area contributed by atoms with E-state index < -0.39 is 5.82 Å². The zero-order valence-corrected chi connectivity index (χ0v) is 14.9. The van der Waals surface area contributed by atoms with E-state index >= 15 is 0 Å². The van der Waals surface area contributed by atoms with Gasteiger partial charge in [0.25, 0.3) is 0 Å². The van der Waals surface area contributed by atoms with E-state index in [4.69, 9.17) is 0 Å². The minimum Gasteiger partial charge on any atom is -0.338 e. The number of carbonyl (C=O) groups excluding carboxylic acids is 2. The lowest BCUT2D eigenvalue weighted by Gasteiger charge is -2.32. The Balaban J connectivity index is 1.75. The molecule has 0 bridgehead atoms. The molecular weight excluding hydrogens is 331 g/mol. The Morgan fingerprint density at radius 2 is 1.96 bits per heavy atom. The summed E-state index contributed by atoms with van der Waals surface area (Å²) in [5.41, 5.74) is 1.63. The van der Waals surface area contributed by atoms with Gasteiger partial charge in [0.2, 0.25) is 0 Å². The monoisotopic (exact) mass is 354 g/mol. The van der Waals surface area contributed by atoms with Gasteiger partial charge in [-0.25, -0.2) is 9.18 Å². The summed E-state index contributed by atoms with van der Waals surface area (Å²) in [6.45, 7) is 3.45. The molecule has 2 aromatic rings. The Bertz CT molecular complexity index is 792. The van der Waals surface area contributed by atoms with Gasteiger partial charge in [-0.3, -0.25) is 4.79 Å². The molecule has 3 rings (SSSR count). The number of nitrogens with zero attached hydrogens (tertiary/aromatic N) is 1. The van der Waals surface area contributed by atoms with Gasteiger partial charge in [0.15, 0.2) is 5.78 Å². The van der Waals surface area contributed by atoms with Crippen LogP contribution in [0.3, 0.4) is 0 Å². The van der Waals surface area contributed by atoms with Gasteiger partial charge in [-0.05, 0) is 31.4 Å². The highest BCUT2D eigenvalue weighted by Crippen LogP contribution is 2.26. The van der Waals surface area contributed by atoms with Gasteiger partial charge in [0, 0.05) is 36.7 Å². The van der Waals surface area contributed by atoms with Crippen LogP contribution in [-0.2, 0) is 0 Å². The van der Waals surface area contributed by atoms with E-state index in [2.05, 4.69) is 5.32 Å². The molecule has 0 aromatic heterocycles. The summed E-state index contributed by atoms with van der Waals surface area (Å²) in [7, 11) is 0. The lowest BCUT2D eigenvalue weighted by molar-refractivity contribution is 0.0845. The van der Waals surface area contributed by atoms with Crippen LogP contribution < -0.4 is 5.32 Å². The maximum Gasteiger partial charge on any atom is 0.317 e. The number of rotatable bonds is 4. The van der Waals surface area contributed by atoms with Gasteiger partial charge >= 0.3 is 6.03 Å². The van der Waals surface area contributed by atoms with E-state index in [1.165, 1.54) is 6.07 Å². The normalized spacial score (nSPS) is 17.0. The van der Waals surface area contributed by atoms with Crippen molar-refractivity contribution in [3.8, 4) is 11.1 Å². The molecule has 1 aliphatic rings. The third-order valence-corrected chi connectivity index (χ3v) is 4.75. The van der Waals surface area contributed by atoms with Crippen LogP contribution >= 0.6 is 0 Å². The minimum absolute atomic E-state index is 0.0995. The number of nitrogens with one attached hydrogen (secondary N) is 1. The molecule has 26 heavy (non-hydrogen) atoms. The van der Waals surface area contributed by atoms with Gasteiger partial charge < -0.3 is 10.2 Å². The van der Waals surface area contributed by atoms with E-state index in [1.807, 2.05) is 37.3 Å². The first kappa shape index (κ1) is 18.1. The molecule has 2 amide bonds. The second kappa shape index (κ2) is 8.13. The van der Waals surface area contributed by atoms with Gasteiger partial charge in [0.05, 0.1) is 0 Å². The molecule has 1 atom stereocenters. The molecule has 1 heterocycles. The molecule has 0 unspecified atom stereocenters. The van der Waals surface area contributed by atoms with Crippen molar-refractivity contribution in [2.75, 3.05) is 19.6 Å². The summed E-state index contributed by atoms with van der Waals surface area (Å²) in [6, 6.07) is 13.8. The SMILES string of the molecule is CCNC(=O)N1CCC[C@@H](C(=O)c2ccc(-c3ccccc3)c(F)c2)C1. The third-order valence-electron chi connectivity index (χ3n) is 4.75. The predicted molar refractivity (Wildman–Crippen MR) is 99.5 cm³/mol. The molecule has 1 saturated heterocycles. The maximum absolute atomic E-state index is 14.5. The van der Waals surface area contributed by atoms with E-state index in [0.717, 1.165) is 18.4 Å². The number of halogens is 1. The number of Topliss-reactive ketones (excluding diaryl/α,β-unsaturated/α-hetero) is 1. The number of amides is 2. The van der Waals surface area contributed by atoms with Crippen molar-refractivity contribution < 1.29 is 14.0 Å². The Kier molecular flexibility index (Phi) is 5.66. The molecule has 4 nitrogen and oxygen atoms in total. The highest BCUT2D eigenvalue weighted by Gasteiger charge is 2.29. The molecule has 2 aromatic carbocycles. The van der Waals surface area contributed by atoms with Gasteiger partial charge in [-0.15, -0.1) is 0 Å². The largest absolute Gasteiger partial charge is 0.338 e. The second-order valence-corrected chi connectivity index (χ2v) is 6.55. The number of piperidine rings is 1. The first-order chi connectivity index (χ1) is 12.6. The molecule has 5 heteroatoms. The van der Waals surface area contributed by atoms with Crippen LogP contribution in [0, 0.1) is 11.7 Å². The average molecular weight is 354 g/mol. The van der Waals surface area contributed by atoms with E-state index in [1.54, 1.807) is 17.0 Å². The van der Waals surface area contributed by atoms with Crippen LogP contribution in [0.15, 0.2) is 48.5 Å². The smallest absolute Gasteiger partial charge is 0.317 e. The zero-order chi connectivity index (χ0) is 18.5. The number of carbonyl (C=O) groups is 2.